The molecule has 0 aliphatic heterocycles. The van der Waals surface area contributed by atoms with Gasteiger partial charge in [-0.2, -0.15) is 0 Å². The molecule has 0 atom stereocenters. The second-order valence-electron chi connectivity index (χ2n) is 4.47. The molecule has 5 nitrogen and oxygen atoms in total. The summed E-state index contributed by atoms with van der Waals surface area (Å²) < 4.78 is 5.08. The van der Waals surface area contributed by atoms with Gasteiger partial charge in [-0.1, -0.05) is 19.1 Å². The van der Waals surface area contributed by atoms with Crippen molar-refractivity contribution in [2.45, 2.75) is 26.2 Å². The lowest BCUT2D eigenvalue weighted by Crippen LogP contribution is -2.37. The van der Waals surface area contributed by atoms with E-state index in [9.17, 15) is 9.59 Å². The minimum absolute atomic E-state index is 0.0431. The van der Waals surface area contributed by atoms with E-state index < -0.39 is 0 Å². The molecule has 20 heavy (non-hydrogen) atoms. The number of carbonyl (C=O) groups excluding carboxylic acids is 2. The summed E-state index contributed by atoms with van der Waals surface area (Å²) in [4.78, 5) is 22.7. The maximum absolute atomic E-state index is 11.5. The fourth-order valence-corrected chi connectivity index (χ4v) is 1.70. The molecule has 0 unspecified atom stereocenters. The lowest BCUT2D eigenvalue weighted by atomic mass is 10.1. The fourth-order valence-electron chi connectivity index (χ4n) is 1.70. The number of hydrogen-bond acceptors (Lipinski definition) is 3. The van der Waals surface area contributed by atoms with Crippen LogP contribution in [0.1, 0.15) is 25.3 Å². The van der Waals surface area contributed by atoms with Crippen molar-refractivity contribution in [3.63, 3.8) is 0 Å². The second kappa shape index (κ2) is 8.96. The number of methoxy groups -OCH3 is 1. The largest absolute Gasteiger partial charge is 0.497 e. The molecule has 110 valence electrons. The van der Waals surface area contributed by atoms with Gasteiger partial charge in [0.2, 0.25) is 11.8 Å². The average Bonchev–Trinajstić information content (AvgIpc) is 2.46. The van der Waals surface area contributed by atoms with Gasteiger partial charge in [-0.15, -0.1) is 0 Å². The zero-order valence-corrected chi connectivity index (χ0v) is 12.1. The predicted octanol–water partition coefficient (Wildman–Crippen LogP) is 1.27. The van der Waals surface area contributed by atoms with Crippen LogP contribution in [0.15, 0.2) is 24.3 Å². The number of amides is 2. The number of nitrogens with one attached hydrogen (secondary N) is 2. The van der Waals surface area contributed by atoms with E-state index in [1.54, 1.807) is 7.11 Å². The molecule has 0 aromatic heterocycles. The third-order valence-corrected chi connectivity index (χ3v) is 2.82. The van der Waals surface area contributed by atoms with Crippen molar-refractivity contribution in [3.05, 3.63) is 29.8 Å². The molecule has 0 aliphatic rings. The zero-order valence-electron chi connectivity index (χ0n) is 12.1. The highest BCUT2D eigenvalue weighted by atomic mass is 16.5. The quantitative estimate of drug-likeness (QED) is 0.752. The highest BCUT2D eigenvalue weighted by Crippen LogP contribution is 2.11. The molecule has 0 radical (unpaired) electrons. The molecule has 0 heterocycles. The molecule has 1 aromatic rings. The maximum Gasteiger partial charge on any atom is 0.239 e. The summed E-state index contributed by atoms with van der Waals surface area (Å²) in [5.74, 6) is 0.567. The Morgan fingerprint density at radius 1 is 1.10 bits per heavy atom. The molecule has 5 heteroatoms. The van der Waals surface area contributed by atoms with Crippen molar-refractivity contribution >= 4 is 11.8 Å². The molecular formula is C15H22N2O3. The third-order valence-electron chi connectivity index (χ3n) is 2.82. The van der Waals surface area contributed by atoms with E-state index in [4.69, 9.17) is 4.74 Å². The molecule has 2 amide bonds. The first-order valence-electron chi connectivity index (χ1n) is 6.82. The van der Waals surface area contributed by atoms with Crippen LogP contribution in [0.5, 0.6) is 5.75 Å². The van der Waals surface area contributed by atoms with E-state index in [0.29, 0.717) is 13.0 Å². The Balaban J connectivity index is 2.19. The van der Waals surface area contributed by atoms with E-state index >= 15 is 0 Å². The molecule has 0 bridgehead atoms. The molecule has 0 saturated carbocycles. The molecular weight excluding hydrogens is 256 g/mol. The fraction of sp³-hybridized carbons (Fsp3) is 0.467. The van der Waals surface area contributed by atoms with Gasteiger partial charge >= 0.3 is 0 Å². The highest BCUT2D eigenvalue weighted by molar-refractivity contribution is 5.84. The molecule has 0 saturated heterocycles. The van der Waals surface area contributed by atoms with E-state index in [1.165, 1.54) is 0 Å². The highest BCUT2D eigenvalue weighted by Gasteiger charge is 2.04. The third kappa shape index (κ3) is 6.22. The maximum atomic E-state index is 11.5. The predicted molar refractivity (Wildman–Crippen MR) is 77.6 cm³/mol. The molecule has 0 aliphatic carbocycles. The van der Waals surface area contributed by atoms with Gasteiger partial charge < -0.3 is 15.4 Å². The summed E-state index contributed by atoms with van der Waals surface area (Å²) in [6.45, 7) is 2.52. The van der Waals surface area contributed by atoms with Crippen molar-refractivity contribution in [1.29, 1.82) is 0 Å². The SMILES string of the molecule is CCCC(=O)NCC(=O)NCCc1ccc(OC)cc1. The van der Waals surface area contributed by atoms with Crippen LogP contribution in [0.2, 0.25) is 0 Å². The minimum Gasteiger partial charge on any atom is -0.497 e. The number of hydrogen-bond donors (Lipinski definition) is 2. The summed E-state index contributed by atoms with van der Waals surface area (Å²) in [6, 6.07) is 7.71. The Labute approximate surface area is 119 Å². The number of benzene rings is 1. The van der Waals surface area contributed by atoms with Gasteiger partial charge in [0.15, 0.2) is 0 Å². The Morgan fingerprint density at radius 3 is 2.40 bits per heavy atom. The van der Waals surface area contributed by atoms with Gasteiger partial charge in [0.1, 0.15) is 5.75 Å². The Bertz CT molecular complexity index is 429. The van der Waals surface area contributed by atoms with Crippen molar-refractivity contribution in [2.75, 3.05) is 20.2 Å². The van der Waals surface area contributed by atoms with Gasteiger partial charge in [-0.25, -0.2) is 0 Å². The molecule has 0 fully saturated rings. The van der Waals surface area contributed by atoms with Gasteiger partial charge in [0, 0.05) is 13.0 Å². The van der Waals surface area contributed by atoms with Crippen molar-refractivity contribution < 1.29 is 14.3 Å². The molecule has 2 N–H and O–H groups in total. The monoisotopic (exact) mass is 278 g/mol. The van der Waals surface area contributed by atoms with Gasteiger partial charge in [0.05, 0.1) is 13.7 Å². The summed E-state index contributed by atoms with van der Waals surface area (Å²) >= 11 is 0. The van der Waals surface area contributed by atoms with Crippen LogP contribution in [0.4, 0.5) is 0 Å². The standard InChI is InChI=1S/C15H22N2O3/c1-3-4-14(18)17-11-15(19)16-10-9-12-5-7-13(20-2)8-6-12/h5-8H,3-4,9-11H2,1-2H3,(H,16,19)(H,17,18). The van der Waals surface area contributed by atoms with Crippen LogP contribution in [0.25, 0.3) is 0 Å². The van der Waals surface area contributed by atoms with Crippen molar-refractivity contribution in [3.8, 4) is 5.75 Å². The lowest BCUT2D eigenvalue weighted by Gasteiger charge is -2.07. The molecule has 0 spiro atoms. The first kappa shape index (κ1) is 16.0. The van der Waals surface area contributed by atoms with Crippen LogP contribution in [0.3, 0.4) is 0 Å². The Kier molecular flexibility index (Phi) is 7.17. The lowest BCUT2D eigenvalue weighted by molar-refractivity contribution is -0.126. The van der Waals surface area contributed by atoms with Crippen LogP contribution in [-0.4, -0.2) is 32.0 Å². The first-order chi connectivity index (χ1) is 9.65. The molecule has 1 rings (SSSR count). The van der Waals surface area contributed by atoms with Crippen LogP contribution < -0.4 is 15.4 Å². The summed E-state index contributed by atoms with van der Waals surface area (Å²) in [6.07, 6.45) is 1.99. The van der Waals surface area contributed by atoms with E-state index in [2.05, 4.69) is 10.6 Å². The summed E-state index contributed by atoms with van der Waals surface area (Å²) in [7, 11) is 1.63. The molecule has 1 aromatic carbocycles. The average molecular weight is 278 g/mol. The topological polar surface area (TPSA) is 67.4 Å². The van der Waals surface area contributed by atoms with Gasteiger partial charge in [-0.3, -0.25) is 9.59 Å². The van der Waals surface area contributed by atoms with Gasteiger partial charge in [0.25, 0.3) is 0 Å². The van der Waals surface area contributed by atoms with E-state index in [-0.39, 0.29) is 18.4 Å². The van der Waals surface area contributed by atoms with E-state index in [1.807, 2.05) is 31.2 Å². The van der Waals surface area contributed by atoms with Crippen LogP contribution in [-0.2, 0) is 16.0 Å². The minimum atomic E-state index is -0.164. The second-order valence-corrected chi connectivity index (χ2v) is 4.47. The number of rotatable bonds is 8. The van der Waals surface area contributed by atoms with Crippen molar-refractivity contribution in [2.24, 2.45) is 0 Å². The van der Waals surface area contributed by atoms with Crippen LogP contribution in [0, 0.1) is 0 Å². The first-order valence-corrected chi connectivity index (χ1v) is 6.82. The smallest absolute Gasteiger partial charge is 0.239 e. The summed E-state index contributed by atoms with van der Waals surface area (Å²) in [5, 5.41) is 5.35. The Hall–Kier alpha value is -2.04. The van der Waals surface area contributed by atoms with Crippen molar-refractivity contribution in [1.82, 2.24) is 10.6 Å². The summed E-state index contributed by atoms with van der Waals surface area (Å²) in [5.41, 5.74) is 1.13. The normalized spacial score (nSPS) is 9.90. The van der Waals surface area contributed by atoms with Gasteiger partial charge in [-0.05, 0) is 30.5 Å². The zero-order chi connectivity index (χ0) is 14.8. The Morgan fingerprint density at radius 2 is 1.80 bits per heavy atom. The number of carbonyl (C=O) groups is 2. The van der Waals surface area contributed by atoms with Crippen LogP contribution >= 0.6 is 0 Å². The number of ether oxygens (including phenoxy) is 1. The van der Waals surface area contributed by atoms with E-state index in [0.717, 1.165) is 24.2 Å².